The second-order valence-corrected chi connectivity index (χ2v) is 7.89. The minimum atomic E-state index is 0. The Labute approximate surface area is 181 Å². The van der Waals surface area contributed by atoms with E-state index in [0.29, 0.717) is 13.1 Å². The van der Waals surface area contributed by atoms with Gasteiger partial charge in [0.1, 0.15) is 0 Å². The zero-order valence-electron chi connectivity index (χ0n) is 17.2. The quantitative estimate of drug-likeness (QED) is 0.217. The molecule has 0 atom stereocenters. The van der Waals surface area contributed by atoms with Crippen molar-refractivity contribution in [1.82, 2.24) is 20.9 Å². The van der Waals surface area contributed by atoms with Gasteiger partial charge in [0.15, 0.2) is 5.96 Å². The van der Waals surface area contributed by atoms with Crippen molar-refractivity contribution in [2.45, 2.75) is 51.5 Å². The van der Waals surface area contributed by atoms with Crippen molar-refractivity contribution in [1.29, 1.82) is 0 Å². The van der Waals surface area contributed by atoms with Crippen molar-refractivity contribution in [3.8, 4) is 0 Å². The van der Waals surface area contributed by atoms with E-state index in [1.54, 1.807) is 7.05 Å². The zero-order chi connectivity index (χ0) is 18.8. The van der Waals surface area contributed by atoms with E-state index in [4.69, 9.17) is 4.74 Å². The Hall–Kier alpha value is -0.610. The summed E-state index contributed by atoms with van der Waals surface area (Å²) in [6, 6.07) is 0. The van der Waals surface area contributed by atoms with E-state index >= 15 is 0 Å². The van der Waals surface area contributed by atoms with E-state index in [2.05, 4.69) is 39.7 Å². The standard InChI is InChI=1S/C19H37N5O2.HI/c1-19(2,24-11-13-26-14-12-24)15-23-18(20-3)22-10-9-21-17(25)16-7-5-4-6-8-16;/h16H,4-15H2,1-3H3,(H,21,25)(H2,20,22,23);1H. The van der Waals surface area contributed by atoms with Crippen LogP contribution in [0.3, 0.4) is 0 Å². The number of hydrogen-bond donors (Lipinski definition) is 3. The highest BCUT2D eigenvalue weighted by Gasteiger charge is 2.28. The molecule has 2 aliphatic rings. The fourth-order valence-corrected chi connectivity index (χ4v) is 3.68. The number of halogens is 1. The number of amides is 1. The van der Waals surface area contributed by atoms with Crippen molar-refractivity contribution in [2.75, 3.05) is 53.0 Å². The van der Waals surface area contributed by atoms with Gasteiger partial charge in [-0.2, -0.15) is 0 Å². The number of nitrogens with zero attached hydrogens (tertiary/aromatic N) is 2. The highest BCUT2D eigenvalue weighted by atomic mass is 127. The third-order valence-corrected chi connectivity index (χ3v) is 5.47. The SMILES string of the molecule is CN=C(NCCNC(=O)C1CCCCC1)NCC(C)(C)N1CCOCC1.I. The third-order valence-electron chi connectivity index (χ3n) is 5.47. The molecule has 1 saturated heterocycles. The molecule has 7 nitrogen and oxygen atoms in total. The number of ether oxygens (including phenoxy) is 1. The molecule has 0 bridgehead atoms. The summed E-state index contributed by atoms with van der Waals surface area (Å²) in [6.07, 6.45) is 5.73. The van der Waals surface area contributed by atoms with Gasteiger partial charge in [0, 0.05) is 51.2 Å². The predicted molar refractivity (Wildman–Crippen MR) is 121 cm³/mol. The number of nitrogens with one attached hydrogen (secondary N) is 3. The van der Waals surface area contributed by atoms with E-state index in [0.717, 1.165) is 51.6 Å². The molecule has 8 heteroatoms. The molecule has 27 heavy (non-hydrogen) atoms. The van der Waals surface area contributed by atoms with E-state index in [1.807, 2.05) is 0 Å². The van der Waals surface area contributed by atoms with Crippen LogP contribution in [0.2, 0.25) is 0 Å². The molecule has 0 spiro atoms. The second-order valence-electron chi connectivity index (χ2n) is 7.89. The molecule has 3 N–H and O–H groups in total. The van der Waals surface area contributed by atoms with Gasteiger partial charge in [-0.1, -0.05) is 19.3 Å². The molecule has 1 saturated carbocycles. The van der Waals surface area contributed by atoms with Gasteiger partial charge in [-0.25, -0.2) is 0 Å². The van der Waals surface area contributed by atoms with Crippen LogP contribution < -0.4 is 16.0 Å². The van der Waals surface area contributed by atoms with Crippen LogP contribution in [0.4, 0.5) is 0 Å². The molecule has 0 unspecified atom stereocenters. The van der Waals surface area contributed by atoms with Crippen LogP contribution in [0, 0.1) is 5.92 Å². The first-order valence-electron chi connectivity index (χ1n) is 10.1. The molecule has 1 aliphatic carbocycles. The van der Waals surface area contributed by atoms with Gasteiger partial charge in [0.2, 0.25) is 5.91 Å². The Kier molecular flexibility index (Phi) is 11.6. The van der Waals surface area contributed by atoms with Crippen LogP contribution >= 0.6 is 24.0 Å². The summed E-state index contributed by atoms with van der Waals surface area (Å²) in [7, 11) is 1.78. The third kappa shape index (κ3) is 8.51. The highest BCUT2D eigenvalue weighted by Crippen LogP contribution is 2.23. The predicted octanol–water partition coefficient (Wildman–Crippen LogP) is 1.58. The number of hydrogen-bond acceptors (Lipinski definition) is 4. The maximum atomic E-state index is 12.1. The van der Waals surface area contributed by atoms with Crippen molar-refractivity contribution in [2.24, 2.45) is 10.9 Å². The lowest BCUT2D eigenvalue weighted by atomic mass is 9.89. The van der Waals surface area contributed by atoms with E-state index < -0.39 is 0 Å². The Morgan fingerprint density at radius 1 is 1.07 bits per heavy atom. The Morgan fingerprint density at radius 3 is 2.33 bits per heavy atom. The van der Waals surface area contributed by atoms with Gasteiger partial charge in [-0.05, 0) is 26.7 Å². The number of aliphatic imine (C=N–C) groups is 1. The van der Waals surface area contributed by atoms with E-state index in [1.165, 1.54) is 19.3 Å². The van der Waals surface area contributed by atoms with E-state index in [-0.39, 0.29) is 41.3 Å². The molecule has 0 aromatic carbocycles. The summed E-state index contributed by atoms with van der Waals surface area (Å²) >= 11 is 0. The number of carbonyl (C=O) groups excluding carboxylic acids is 1. The zero-order valence-corrected chi connectivity index (χ0v) is 19.5. The summed E-state index contributed by atoms with van der Waals surface area (Å²) in [6.45, 7) is 10.1. The maximum Gasteiger partial charge on any atom is 0.223 e. The van der Waals surface area contributed by atoms with Gasteiger partial charge >= 0.3 is 0 Å². The maximum absolute atomic E-state index is 12.1. The minimum Gasteiger partial charge on any atom is -0.379 e. The van der Waals surface area contributed by atoms with Crippen LogP contribution in [-0.4, -0.2) is 75.3 Å². The fraction of sp³-hybridized carbons (Fsp3) is 0.895. The summed E-state index contributed by atoms with van der Waals surface area (Å²) in [5, 5.41) is 9.74. The Balaban J connectivity index is 0.00000364. The summed E-state index contributed by atoms with van der Waals surface area (Å²) in [5.74, 6) is 1.21. The molecule has 1 heterocycles. The molecule has 0 aromatic heterocycles. The Morgan fingerprint density at radius 2 is 1.70 bits per heavy atom. The summed E-state index contributed by atoms with van der Waals surface area (Å²) in [4.78, 5) is 18.9. The molecule has 2 rings (SSSR count). The van der Waals surface area contributed by atoms with Crippen LogP contribution in [0.1, 0.15) is 46.0 Å². The van der Waals surface area contributed by atoms with Gasteiger partial charge in [0.05, 0.1) is 13.2 Å². The first-order valence-corrected chi connectivity index (χ1v) is 10.1. The molecular weight excluding hydrogens is 457 g/mol. The minimum absolute atomic E-state index is 0. The molecule has 0 aromatic rings. The number of carbonyl (C=O) groups is 1. The molecular formula is C19H38IN5O2. The molecule has 0 radical (unpaired) electrons. The molecule has 2 fully saturated rings. The first-order chi connectivity index (χ1) is 12.5. The summed E-state index contributed by atoms with van der Waals surface area (Å²) < 4.78 is 5.44. The molecule has 158 valence electrons. The number of guanidine groups is 1. The normalized spacial score (nSPS) is 19.9. The van der Waals surface area contributed by atoms with Crippen molar-refractivity contribution >= 4 is 35.8 Å². The molecule has 1 amide bonds. The largest absolute Gasteiger partial charge is 0.379 e. The van der Waals surface area contributed by atoms with Crippen LogP contribution in [0.25, 0.3) is 0 Å². The van der Waals surface area contributed by atoms with Crippen molar-refractivity contribution in [3.05, 3.63) is 0 Å². The van der Waals surface area contributed by atoms with Crippen LogP contribution in [0.5, 0.6) is 0 Å². The summed E-state index contributed by atoms with van der Waals surface area (Å²) in [5.41, 5.74) is 0.0383. The highest BCUT2D eigenvalue weighted by molar-refractivity contribution is 14.0. The van der Waals surface area contributed by atoms with E-state index in [9.17, 15) is 4.79 Å². The number of morpholine rings is 1. The van der Waals surface area contributed by atoms with Crippen molar-refractivity contribution in [3.63, 3.8) is 0 Å². The van der Waals surface area contributed by atoms with Gasteiger partial charge in [-0.15, -0.1) is 24.0 Å². The van der Waals surface area contributed by atoms with Gasteiger partial charge in [0.25, 0.3) is 0 Å². The van der Waals surface area contributed by atoms with Crippen LogP contribution in [-0.2, 0) is 9.53 Å². The first kappa shape index (κ1) is 24.4. The lowest BCUT2D eigenvalue weighted by Gasteiger charge is -2.41. The topological polar surface area (TPSA) is 78.0 Å². The molecule has 1 aliphatic heterocycles. The van der Waals surface area contributed by atoms with Gasteiger partial charge < -0.3 is 20.7 Å². The Bertz CT molecular complexity index is 461. The lowest BCUT2D eigenvalue weighted by molar-refractivity contribution is -0.125. The van der Waals surface area contributed by atoms with Gasteiger partial charge in [-0.3, -0.25) is 14.7 Å². The lowest BCUT2D eigenvalue weighted by Crippen LogP contribution is -2.56. The van der Waals surface area contributed by atoms with Crippen LogP contribution in [0.15, 0.2) is 4.99 Å². The smallest absolute Gasteiger partial charge is 0.223 e. The average molecular weight is 495 g/mol. The second kappa shape index (κ2) is 12.8. The average Bonchev–Trinajstić information content (AvgIpc) is 2.68. The van der Waals surface area contributed by atoms with Crippen molar-refractivity contribution < 1.29 is 9.53 Å². The number of rotatable bonds is 7. The monoisotopic (exact) mass is 495 g/mol. The fourth-order valence-electron chi connectivity index (χ4n) is 3.68.